The van der Waals surface area contributed by atoms with Gasteiger partial charge in [0.15, 0.2) is 14.7 Å². The third kappa shape index (κ3) is 2.93. The van der Waals surface area contributed by atoms with Crippen molar-refractivity contribution in [2.45, 2.75) is 24.5 Å². The molecule has 3 aromatic rings. The highest BCUT2D eigenvalue weighted by molar-refractivity contribution is 8.04. The molecule has 1 heterocycles. The van der Waals surface area contributed by atoms with Crippen molar-refractivity contribution in [3.8, 4) is 5.75 Å². The first-order valence-corrected chi connectivity index (χ1v) is 9.85. The fourth-order valence-corrected chi connectivity index (χ4v) is 6.47. The van der Waals surface area contributed by atoms with Gasteiger partial charge in [0.2, 0.25) is 0 Å². The predicted octanol–water partition coefficient (Wildman–Crippen LogP) is 4.62. The Balaban J connectivity index is 1.77. The molecule has 24 heavy (non-hydrogen) atoms. The molecule has 0 saturated heterocycles. The van der Waals surface area contributed by atoms with Gasteiger partial charge in [0.1, 0.15) is 23.3 Å². The van der Waals surface area contributed by atoms with Crippen molar-refractivity contribution >= 4 is 22.7 Å². The predicted molar refractivity (Wildman–Crippen MR) is 98.2 cm³/mol. The number of fused-ring (bicyclic) bond motifs is 2. The van der Waals surface area contributed by atoms with Crippen LogP contribution in [0.2, 0.25) is 0 Å². The van der Waals surface area contributed by atoms with Crippen molar-refractivity contribution in [2.75, 3.05) is 13.2 Å². The highest BCUT2D eigenvalue weighted by Gasteiger charge is 2.37. The van der Waals surface area contributed by atoms with Crippen LogP contribution in [-0.4, -0.2) is 18.3 Å². The maximum absolute atomic E-state index is 8.88. The summed E-state index contributed by atoms with van der Waals surface area (Å²) in [6, 6.07) is 25.6. The topological polar surface area (TPSA) is 29.5 Å². The quantitative estimate of drug-likeness (QED) is 0.543. The zero-order chi connectivity index (χ0) is 16.4. The van der Waals surface area contributed by atoms with Gasteiger partial charge in [-0.3, -0.25) is 0 Å². The summed E-state index contributed by atoms with van der Waals surface area (Å²) in [5.74, 6) is 0.796. The van der Waals surface area contributed by atoms with E-state index in [9.17, 15) is 0 Å². The Bertz CT molecular complexity index is 801. The summed E-state index contributed by atoms with van der Waals surface area (Å²) in [5, 5.41) is 8.88. The third-order valence-corrected chi connectivity index (χ3v) is 7.52. The zero-order valence-electron chi connectivity index (χ0n) is 13.0. The minimum atomic E-state index is -0.0977. The molecule has 0 bridgehead atoms. The average Bonchev–Trinajstić information content (AvgIpc) is 2.65. The van der Waals surface area contributed by atoms with E-state index >= 15 is 0 Å². The lowest BCUT2D eigenvalue weighted by atomic mass is 10.3. The van der Waals surface area contributed by atoms with Crippen molar-refractivity contribution in [2.24, 2.45) is 0 Å². The van der Waals surface area contributed by atoms with Gasteiger partial charge in [-0.15, -0.1) is 0 Å². The Morgan fingerprint density at radius 2 is 1.38 bits per heavy atom. The van der Waals surface area contributed by atoms with E-state index in [4.69, 9.17) is 9.84 Å². The van der Waals surface area contributed by atoms with Crippen LogP contribution in [0.3, 0.4) is 0 Å². The molecule has 0 amide bonds. The SMILES string of the molecule is OCCOc1ccc([S+]2c3ccccc3Sc3ccccc32)cc1. The van der Waals surface area contributed by atoms with Crippen molar-refractivity contribution in [3.63, 3.8) is 0 Å². The first-order valence-electron chi connectivity index (χ1n) is 7.81. The molecule has 1 aliphatic heterocycles. The molecule has 0 aromatic heterocycles. The lowest BCUT2D eigenvalue weighted by Gasteiger charge is -2.18. The van der Waals surface area contributed by atoms with Crippen LogP contribution >= 0.6 is 11.8 Å². The minimum absolute atomic E-state index is 0.0318. The Morgan fingerprint density at radius 1 is 0.792 bits per heavy atom. The van der Waals surface area contributed by atoms with Crippen LogP contribution < -0.4 is 4.74 Å². The van der Waals surface area contributed by atoms with E-state index in [-0.39, 0.29) is 17.5 Å². The highest BCUT2D eigenvalue weighted by atomic mass is 32.2. The van der Waals surface area contributed by atoms with Crippen molar-refractivity contribution < 1.29 is 9.84 Å². The lowest BCUT2D eigenvalue weighted by Crippen LogP contribution is -2.11. The minimum Gasteiger partial charge on any atom is -0.491 e. The number of aliphatic hydroxyl groups is 1. The molecule has 1 N–H and O–H groups in total. The molecule has 0 atom stereocenters. The number of hydrogen-bond donors (Lipinski definition) is 1. The molecule has 1 aliphatic rings. The molecule has 0 radical (unpaired) electrons. The van der Waals surface area contributed by atoms with Crippen LogP contribution in [0, 0.1) is 0 Å². The van der Waals surface area contributed by atoms with Crippen molar-refractivity contribution in [3.05, 3.63) is 72.8 Å². The lowest BCUT2D eigenvalue weighted by molar-refractivity contribution is 0.201. The zero-order valence-corrected chi connectivity index (χ0v) is 14.6. The summed E-state index contributed by atoms with van der Waals surface area (Å²) in [6.07, 6.45) is 0. The van der Waals surface area contributed by atoms with Crippen molar-refractivity contribution in [1.82, 2.24) is 0 Å². The van der Waals surface area contributed by atoms with Gasteiger partial charge < -0.3 is 9.84 Å². The summed E-state index contributed by atoms with van der Waals surface area (Å²) in [6.45, 7) is 0.359. The highest BCUT2D eigenvalue weighted by Crippen LogP contribution is 2.48. The van der Waals surface area contributed by atoms with Crippen LogP contribution in [-0.2, 0) is 10.9 Å². The molecule has 0 aliphatic carbocycles. The van der Waals surface area contributed by atoms with Gasteiger partial charge in [0.05, 0.1) is 16.4 Å². The summed E-state index contributed by atoms with van der Waals surface area (Å²) in [7, 11) is -0.0977. The maximum atomic E-state index is 8.88. The van der Waals surface area contributed by atoms with Crippen LogP contribution in [0.1, 0.15) is 0 Å². The van der Waals surface area contributed by atoms with Gasteiger partial charge in [-0.1, -0.05) is 36.0 Å². The summed E-state index contributed by atoms with van der Waals surface area (Å²) in [4.78, 5) is 6.71. The van der Waals surface area contributed by atoms with E-state index < -0.39 is 0 Å². The van der Waals surface area contributed by atoms with Crippen LogP contribution in [0.5, 0.6) is 5.75 Å². The fourth-order valence-electron chi connectivity index (χ4n) is 2.73. The number of benzene rings is 3. The molecule has 3 aromatic carbocycles. The van der Waals surface area contributed by atoms with Gasteiger partial charge in [0.25, 0.3) is 0 Å². The molecular formula is C20H17O2S2+. The van der Waals surface area contributed by atoms with E-state index in [1.54, 1.807) is 0 Å². The molecule has 0 spiro atoms. The van der Waals surface area contributed by atoms with Crippen LogP contribution in [0.15, 0.2) is 97.3 Å². The molecular weight excluding hydrogens is 336 g/mol. The van der Waals surface area contributed by atoms with E-state index in [0.717, 1.165) is 5.75 Å². The Hall–Kier alpha value is -1.88. The van der Waals surface area contributed by atoms with E-state index in [0.29, 0.717) is 6.61 Å². The fraction of sp³-hybridized carbons (Fsp3) is 0.100. The smallest absolute Gasteiger partial charge is 0.180 e. The molecule has 4 rings (SSSR count). The summed E-state index contributed by atoms with van der Waals surface area (Å²) < 4.78 is 5.49. The Morgan fingerprint density at radius 3 is 1.96 bits per heavy atom. The van der Waals surface area contributed by atoms with Crippen LogP contribution in [0.25, 0.3) is 0 Å². The Labute approximate surface area is 148 Å². The van der Waals surface area contributed by atoms with Gasteiger partial charge in [-0.05, 0) is 48.5 Å². The molecule has 4 heteroatoms. The molecule has 0 saturated carbocycles. The first-order chi connectivity index (χ1) is 11.9. The monoisotopic (exact) mass is 353 g/mol. The van der Waals surface area contributed by atoms with E-state index in [1.807, 2.05) is 23.9 Å². The molecule has 0 fully saturated rings. The second-order valence-electron chi connectivity index (χ2n) is 5.35. The van der Waals surface area contributed by atoms with Crippen LogP contribution in [0.4, 0.5) is 0 Å². The second-order valence-corrected chi connectivity index (χ2v) is 8.39. The Kier molecular flexibility index (Phi) is 4.52. The molecule has 2 nitrogen and oxygen atoms in total. The molecule has 120 valence electrons. The summed E-state index contributed by atoms with van der Waals surface area (Å²) >= 11 is 1.85. The normalized spacial score (nSPS) is 13.2. The second kappa shape index (κ2) is 6.93. The molecule has 0 unspecified atom stereocenters. The number of ether oxygens (including phenoxy) is 1. The average molecular weight is 353 g/mol. The number of rotatable bonds is 4. The number of hydrogen-bond acceptors (Lipinski definition) is 3. The van der Waals surface area contributed by atoms with E-state index in [2.05, 4.69) is 60.7 Å². The van der Waals surface area contributed by atoms with Crippen molar-refractivity contribution in [1.29, 1.82) is 0 Å². The number of aliphatic hydroxyl groups excluding tert-OH is 1. The van der Waals surface area contributed by atoms with Gasteiger partial charge in [-0.25, -0.2) is 0 Å². The maximum Gasteiger partial charge on any atom is 0.180 e. The third-order valence-electron chi connectivity index (χ3n) is 3.78. The van der Waals surface area contributed by atoms with Gasteiger partial charge in [0, 0.05) is 0 Å². The van der Waals surface area contributed by atoms with E-state index in [1.165, 1.54) is 24.5 Å². The van der Waals surface area contributed by atoms with Gasteiger partial charge in [-0.2, -0.15) is 0 Å². The first kappa shape index (κ1) is 15.6. The summed E-state index contributed by atoms with van der Waals surface area (Å²) in [5.41, 5.74) is 0. The standard InChI is InChI=1S/C20H17O2S2/c21-13-14-22-15-9-11-16(12-10-15)24-19-7-3-1-5-17(19)23-18-6-2-4-8-20(18)24/h1-12,21H,13-14H2/q+1. The largest absolute Gasteiger partial charge is 0.491 e. The van der Waals surface area contributed by atoms with Gasteiger partial charge >= 0.3 is 0 Å².